The number of hydrogen-bond acceptors (Lipinski definition) is 6. The average Bonchev–Trinajstić information content (AvgIpc) is 3.23. The average molecular weight is 347 g/mol. The fourth-order valence-corrected chi connectivity index (χ4v) is 3.90. The minimum Gasteiger partial charge on any atom is -0.221 e. The Bertz CT molecular complexity index is 956. The van der Waals surface area contributed by atoms with Crippen molar-refractivity contribution >= 4 is 15.7 Å². The van der Waals surface area contributed by atoms with Crippen LogP contribution in [0.5, 0.6) is 0 Å². The zero-order valence-electron chi connectivity index (χ0n) is 13.1. The lowest BCUT2D eigenvalue weighted by molar-refractivity contribution is 0.313. The predicted molar refractivity (Wildman–Crippen MR) is 86.3 cm³/mol. The molecule has 0 unspecified atom stereocenters. The molecule has 0 N–H and O–H groups in total. The van der Waals surface area contributed by atoms with Crippen LogP contribution in [0.25, 0.3) is 11.5 Å². The van der Waals surface area contributed by atoms with Crippen LogP contribution in [0, 0.1) is 0 Å². The first-order valence-corrected chi connectivity index (χ1v) is 9.55. The molecule has 1 aliphatic heterocycles. The first kappa shape index (κ1) is 15.2. The van der Waals surface area contributed by atoms with Gasteiger partial charge in [0.15, 0.2) is 17.3 Å². The number of aromatic nitrogens is 6. The summed E-state index contributed by atoms with van der Waals surface area (Å²) in [6, 6.07) is 5.53. The van der Waals surface area contributed by atoms with Gasteiger partial charge in [0.25, 0.3) is 0 Å². The summed E-state index contributed by atoms with van der Waals surface area (Å²) in [7, 11) is -3.13. The fraction of sp³-hybridized carbons (Fsp3) is 0.429. The summed E-state index contributed by atoms with van der Waals surface area (Å²) in [5, 5.41) is 17.2. The van der Waals surface area contributed by atoms with Gasteiger partial charge in [-0.1, -0.05) is 0 Å². The Kier molecular flexibility index (Phi) is 3.57. The molecule has 126 valence electrons. The Morgan fingerprint density at radius 3 is 2.62 bits per heavy atom. The van der Waals surface area contributed by atoms with Gasteiger partial charge in [0.2, 0.25) is 10.0 Å². The second kappa shape index (κ2) is 5.64. The Hall–Kier alpha value is -2.33. The minimum atomic E-state index is -3.13. The maximum Gasteiger partial charge on any atom is 0.211 e. The summed E-state index contributed by atoms with van der Waals surface area (Å²) in [6.07, 6.45) is 6.18. The van der Waals surface area contributed by atoms with E-state index >= 15 is 0 Å². The number of fused-ring (bicyclic) bond motifs is 1. The molecular weight excluding hydrogens is 330 g/mol. The summed E-state index contributed by atoms with van der Waals surface area (Å²) < 4.78 is 28.2. The van der Waals surface area contributed by atoms with Gasteiger partial charge in [-0.15, -0.1) is 15.3 Å². The van der Waals surface area contributed by atoms with Crippen LogP contribution in [0.2, 0.25) is 0 Å². The fourth-order valence-electron chi connectivity index (χ4n) is 3.02. The second-order valence-electron chi connectivity index (χ2n) is 5.91. The maximum atomic E-state index is 11.6. The SMILES string of the molecule is CS(=O)(=O)N1CCC(c2nnc3ccc(-n4cccn4)nn23)CC1. The van der Waals surface area contributed by atoms with Crippen molar-refractivity contribution in [3.8, 4) is 5.82 Å². The smallest absolute Gasteiger partial charge is 0.211 e. The summed E-state index contributed by atoms with van der Waals surface area (Å²) in [5.74, 6) is 1.59. The van der Waals surface area contributed by atoms with E-state index in [0.717, 1.165) is 5.82 Å². The van der Waals surface area contributed by atoms with E-state index in [1.807, 2.05) is 24.4 Å². The molecule has 1 saturated heterocycles. The van der Waals surface area contributed by atoms with Crippen LogP contribution in [0.4, 0.5) is 0 Å². The molecule has 0 atom stereocenters. The van der Waals surface area contributed by atoms with E-state index in [0.29, 0.717) is 37.4 Å². The zero-order chi connectivity index (χ0) is 16.7. The van der Waals surface area contributed by atoms with Crippen LogP contribution in [0.15, 0.2) is 30.6 Å². The van der Waals surface area contributed by atoms with Gasteiger partial charge in [-0.2, -0.15) is 9.61 Å². The third-order valence-corrected chi connectivity index (χ3v) is 5.60. The Morgan fingerprint density at radius 1 is 1.17 bits per heavy atom. The molecule has 9 nitrogen and oxygen atoms in total. The predicted octanol–water partition coefficient (Wildman–Crippen LogP) is 0.449. The van der Waals surface area contributed by atoms with Gasteiger partial charge in [-0.05, 0) is 31.0 Å². The third-order valence-electron chi connectivity index (χ3n) is 4.30. The van der Waals surface area contributed by atoms with Gasteiger partial charge in [0, 0.05) is 31.4 Å². The molecule has 0 saturated carbocycles. The van der Waals surface area contributed by atoms with Crippen molar-refractivity contribution in [1.29, 1.82) is 0 Å². The Morgan fingerprint density at radius 2 is 1.96 bits per heavy atom. The van der Waals surface area contributed by atoms with Gasteiger partial charge in [-0.3, -0.25) is 0 Å². The second-order valence-corrected chi connectivity index (χ2v) is 7.89. The molecule has 0 bridgehead atoms. The lowest BCUT2D eigenvalue weighted by Crippen LogP contribution is -2.37. The number of sulfonamides is 1. The van der Waals surface area contributed by atoms with E-state index in [9.17, 15) is 8.42 Å². The molecule has 3 aromatic heterocycles. The van der Waals surface area contributed by atoms with E-state index in [1.54, 1.807) is 15.4 Å². The quantitative estimate of drug-likeness (QED) is 0.682. The number of piperidine rings is 1. The molecule has 4 rings (SSSR count). The van der Waals surface area contributed by atoms with E-state index in [4.69, 9.17) is 0 Å². The Labute approximate surface area is 139 Å². The number of hydrogen-bond donors (Lipinski definition) is 0. The third kappa shape index (κ3) is 2.67. The largest absolute Gasteiger partial charge is 0.221 e. The maximum absolute atomic E-state index is 11.6. The first-order valence-electron chi connectivity index (χ1n) is 7.70. The molecule has 1 fully saturated rings. The monoisotopic (exact) mass is 347 g/mol. The van der Waals surface area contributed by atoms with Crippen LogP contribution in [0.3, 0.4) is 0 Å². The van der Waals surface area contributed by atoms with Crippen molar-refractivity contribution in [3.05, 3.63) is 36.4 Å². The topological polar surface area (TPSA) is 98.3 Å². The van der Waals surface area contributed by atoms with Gasteiger partial charge in [0.05, 0.1) is 6.26 Å². The summed E-state index contributed by atoms with van der Waals surface area (Å²) in [5.41, 5.74) is 0.673. The van der Waals surface area contributed by atoms with Crippen LogP contribution < -0.4 is 0 Å². The lowest BCUT2D eigenvalue weighted by atomic mass is 9.97. The molecule has 10 heteroatoms. The van der Waals surface area contributed by atoms with E-state index in [2.05, 4.69) is 20.4 Å². The highest BCUT2D eigenvalue weighted by molar-refractivity contribution is 7.88. The van der Waals surface area contributed by atoms with Gasteiger partial charge >= 0.3 is 0 Å². The molecule has 0 amide bonds. The molecule has 0 radical (unpaired) electrons. The zero-order valence-corrected chi connectivity index (χ0v) is 14.0. The minimum absolute atomic E-state index is 0.137. The van der Waals surface area contributed by atoms with Gasteiger partial charge < -0.3 is 0 Å². The molecule has 1 aliphatic rings. The lowest BCUT2D eigenvalue weighted by Gasteiger charge is -2.29. The van der Waals surface area contributed by atoms with Gasteiger partial charge in [-0.25, -0.2) is 17.4 Å². The number of nitrogens with zero attached hydrogens (tertiary/aromatic N) is 7. The van der Waals surface area contributed by atoms with E-state index in [-0.39, 0.29) is 5.92 Å². The highest BCUT2D eigenvalue weighted by Gasteiger charge is 2.28. The molecule has 24 heavy (non-hydrogen) atoms. The molecule has 0 aliphatic carbocycles. The van der Waals surface area contributed by atoms with Crippen molar-refractivity contribution in [1.82, 2.24) is 33.9 Å². The first-order chi connectivity index (χ1) is 11.5. The van der Waals surface area contributed by atoms with Crippen LogP contribution in [-0.4, -0.2) is 61.7 Å². The Balaban J connectivity index is 1.64. The van der Waals surface area contributed by atoms with Crippen LogP contribution >= 0.6 is 0 Å². The summed E-state index contributed by atoms with van der Waals surface area (Å²) >= 11 is 0. The van der Waals surface area contributed by atoms with Crippen LogP contribution in [0.1, 0.15) is 24.6 Å². The van der Waals surface area contributed by atoms with Crippen molar-refractivity contribution in [2.75, 3.05) is 19.3 Å². The molecule has 4 heterocycles. The van der Waals surface area contributed by atoms with Crippen molar-refractivity contribution in [3.63, 3.8) is 0 Å². The van der Waals surface area contributed by atoms with Crippen molar-refractivity contribution in [2.45, 2.75) is 18.8 Å². The normalized spacial score (nSPS) is 17.5. The van der Waals surface area contributed by atoms with E-state index < -0.39 is 10.0 Å². The highest BCUT2D eigenvalue weighted by atomic mass is 32.2. The van der Waals surface area contributed by atoms with Crippen LogP contribution in [-0.2, 0) is 10.0 Å². The van der Waals surface area contributed by atoms with Gasteiger partial charge in [0.1, 0.15) is 0 Å². The standard InChI is InChI=1S/C14H17N7O2S/c1-24(22,23)19-9-5-11(6-10-19)14-17-16-12-3-4-13(18-21(12)14)20-8-2-7-15-20/h2-4,7-8,11H,5-6,9-10H2,1H3. The molecule has 0 spiro atoms. The summed E-state index contributed by atoms with van der Waals surface area (Å²) in [4.78, 5) is 0. The molecule has 0 aromatic carbocycles. The van der Waals surface area contributed by atoms with Crippen molar-refractivity contribution < 1.29 is 8.42 Å². The summed E-state index contributed by atoms with van der Waals surface area (Å²) in [6.45, 7) is 0.995. The van der Waals surface area contributed by atoms with E-state index in [1.165, 1.54) is 10.6 Å². The highest BCUT2D eigenvalue weighted by Crippen LogP contribution is 2.27. The van der Waals surface area contributed by atoms with Crippen molar-refractivity contribution in [2.24, 2.45) is 0 Å². The molecular formula is C14H17N7O2S. The molecule has 3 aromatic rings. The number of rotatable bonds is 3.